The molecule has 6 heteroatoms. The van der Waals surface area contributed by atoms with E-state index in [0.29, 0.717) is 25.7 Å². The molecule has 0 spiro atoms. The third-order valence-electron chi connectivity index (χ3n) is 18.2. The Morgan fingerprint density at radius 2 is 0.453 bits per heavy atom. The van der Waals surface area contributed by atoms with Gasteiger partial charge in [-0.15, -0.1) is 0 Å². The molecule has 0 aromatic heterocycles. The topological polar surface area (TPSA) is 55.4 Å². The molecule has 0 fully saturated rings. The van der Waals surface area contributed by atoms with Crippen LogP contribution in [0, 0.1) is 0 Å². The Hall–Kier alpha value is -7.44. The highest BCUT2D eigenvalue weighted by molar-refractivity contribution is 5.72. The van der Waals surface area contributed by atoms with Gasteiger partial charge in [-0.25, -0.2) is 0 Å². The highest BCUT2D eigenvalue weighted by atomic mass is 16.5. The number of fused-ring (bicyclic) bond motifs is 12. The maximum atomic E-state index is 6.74. The van der Waals surface area contributed by atoms with E-state index in [1.807, 2.05) is 42.7 Å². The lowest BCUT2D eigenvalue weighted by Crippen LogP contribution is -2.24. The SMILES string of the molecule is COc1c2cc(-c3ccccc3)cc1Cc1cc(cc(C(C)(C)C)c1OC)C(C)(C)c1cc(c(OC)c(C(C)(C)C)c1)Cc1cc(-c3ccccc3)cc(c1OC)Cc1cc(cc(C(C)(C)C)c1OC)C(C)(C)c1cc(c(OC)c(C(C)(C)C)c1)C2. The molecule has 0 saturated heterocycles. The van der Waals surface area contributed by atoms with Gasteiger partial charge < -0.3 is 28.4 Å². The fourth-order valence-corrected chi connectivity index (χ4v) is 13.2. The second-order valence-electron chi connectivity index (χ2n) is 29.2. The van der Waals surface area contributed by atoms with Crippen molar-refractivity contribution in [3.05, 3.63) is 222 Å². The summed E-state index contributed by atoms with van der Waals surface area (Å²) in [6.45, 7) is 37.0. The van der Waals surface area contributed by atoms with Crippen molar-refractivity contribution in [1.82, 2.24) is 0 Å². The number of ether oxygens (including phenoxy) is 6. The molecule has 0 aliphatic heterocycles. The predicted molar refractivity (Wildman–Crippen MR) is 359 cm³/mol. The van der Waals surface area contributed by atoms with Crippen LogP contribution in [-0.2, 0) is 58.2 Å². The first-order valence-electron chi connectivity index (χ1n) is 30.8. The van der Waals surface area contributed by atoms with Crippen molar-refractivity contribution in [2.24, 2.45) is 0 Å². The lowest BCUT2D eigenvalue weighted by Gasteiger charge is -2.34. The zero-order chi connectivity index (χ0) is 62.6. The van der Waals surface area contributed by atoms with Crippen LogP contribution < -0.4 is 28.4 Å². The van der Waals surface area contributed by atoms with Gasteiger partial charge in [0.15, 0.2) is 0 Å². The summed E-state index contributed by atoms with van der Waals surface area (Å²) in [5, 5.41) is 0. The molecule has 1 aliphatic carbocycles. The third kappa shape index (κ3) is 12.3. The Balaban J connectivity index is 1.45. The zero-order valence-corrected chi connectivity index (χ0v) is 56.0. The van der Waals surface area contributed by atoms with Crippen molar-refractivity contribution in [2.45, 2.75) is 169 Å². The molecule has 8 aromatic rings. The minimum Gasteiger partial charge on any atom is -0.496 e. The summed E-state index contributed by atoms with van der Waals surface area (Å²) in [6, 6.07) is 50.0. The van der Waals surface area contributed by atoms with Gasteiger partial charge in [0.25, 0.3) is 0 Å². The van der Waals surface area contributed by atoms with Crippen LogP contribution in [-0.4, -0.2) is 42.7 Å². The fraction of sp³-hybridized carbons (Fsp3) is 0.400. The van der Waals surface area contributed by atoms with E-state index >= 15 is 0 Å². The fourth-order valence-electron chi connectivity index (χ4n) is 13.2. The molecule has 0 N–H and O–H groups in total. The van der Waals surface area contributed by atoms with Crippen LogP contribution >= 0.6 is 0 Å². The lowest BCUT2D eigenvalue weighted by atomic mass is 9.71. The Bertz CT molecular complexity index is 3350. The molecule has 86 heavy (non-hydrogen) atoms. The van der Waals surface area contributed by atoms with Crippen molar-refractivity contribution >= 4 is 0 Å². The van der Waals surface area contributed by atoms with Gasteiger partial charge in [0, 0.05) is 58.8 Å². The largest absolute Gasteiger partial charge is 0.496 e. The highest BCUT2D eigenvalue weighted by Crippen LogP contribution is 2.50. The molecule has 9 rings (SSSR count). The van der Waals surface area contributed by atoms with Crippen LogP contribution in [0.5, 0.6) is 34.5 Å². The van der Waals surface area contributed by atoms with E-state index < -0.39 is 10.8 Å². The smallest absolute Gasteiger partial charge is 0.126 e. The summed E-state index contributed by atoms with van der Waals surface area (Å²) in [7, 11) is 10.9. The molecule has 0 unspecified atom stereocenters. The molecule has 6 nitrogen and oxygen atoms in total. The molecule has 0 heterocycles. The Labute approximate surface area is 516 Å². The van der Waals surface area contributed by atoms with E-state index in [1.54, 1.807) is 0 Å². The van der Waals surface area contributed by atoms with Crippen LogP contribution in [0.2, 0.25) is 0 Å². The van der Waals surface area contributed by atoms with Gasteiger partial charge in [0.05, 0.1) is 42.7 Å². The van der Waals surface area contributed by atoms with Gasteiger partial charge >= 0.3 is 0 Å². The van der Waals surface area contributed by atoms with Gasteiger partial charge in [0.1, 0.15) is 34.5 Å². The molecule has 0 radical (unpaired) electrons. The number of hydrogen-bond acceptors (Lipinski definition) is 6. The van der Waals surface area contributed by atoms with Crippen molar-refractivity contribution in [1.29, 1.82) is 0 Å². The van der Waals surface area contributed by atoms with Crippen LogP contribution in [0.4, 0.5) is 0 Å². The summed E-state index contributed by atoms with van der Waals surface area (Å²) in [4.78, 5) is 0. The summed E-state index contributed by atoms with van der Waals surface area (Å²) >= 11 is 0. The van der Waals surface area contributed by atoms with E-state index in [0.717, 1.165) is 124 Å². The first kappa shape index (κ1) is 63.1. The molecule has 0 atom stereocenters. The first-order valence-corrected chi connectivity index (χ1v) is 30.8. The van der Waals surface area contributed by atoms with E-state index in [1.165, 1.54) is 22.3 Å². The third-order valence-corrected chi connectivity index (χ3v) is 18.2. The lowest BCUT2D eigenvalue weighted by molar-refractivity contribution is 0.389. The molecule has 0 saturated carbocycles. The second kappa shape index (κ2) is 23.7. The van der Waals surface area contributed by atoms with Crippen molar-refractivity contribution in [2.75, 3.05) is 42.7 Å². The molecule has 8 aromatic carbocycles. The number of methoxy groups -OCH3 is 6. The average molecular weight is 1150 g/mol. The minimum absolute atomic E-state index is 0.269. The Kier molecular flexibility index (Phi) is 17.4. The van der Waals surface area contributed by atoms with E-state index in [4.69, 9.17) is 28.4 Å². The number of rotatable bonds is 8. The van der Waals surface area contributed by atoms with Gasteiger partial charge in [-0.05, 0) is 135 Å². The average Bonchev–Trinajstić information content (AvgIpc) is 0.958. The molecule has 452 valence electrons. The van der Waals surface area contributed by atoms with Gasteiger partial charge in [-0.2, -0.15) is 0 Å². The van der Waals surface area contributed by atoms with Crippen LogP contribution in [0.25, 0.3) is 22.3 Å². The summed E-state index contributed by atoms with van der Waals surface area (Å²) < 4.78 is 40.0. The highest BCUT2D eigenvalue weighted by Gasteiger charge is 2.36. The van der Waals surface area contributed by atoms with Crippen molar-refractivity contribution < 1.29 is 28.4 Å². The number of hydrogen-bond donors (Lipinski definition) is 0. The first-order chi connectivity index (χ1) is 40.4. The monoisotopic (exact) mass is 1150 g/mol. The van der Waals surface area contributed by atoms with Crippen molar-refractivity contribution in [3.63, 3.8) is 0 Å². The Morgan fingerprint density at radius 3 is 0.640 bits per heavy atom. The normalized spacial score (nSPS) is 14.4. The standard InChI is InChI=1S/C80H96O6/c1-75(2,3)65-45-61-41-57(71(65)83-19)37-53-33-51(49-29-25-23-26-30-49)34-54(69(53)81-17)38-59-43-63(47-67(73(59)85-21)77(7,8)9)80(15,16)64-44-60(74(86-22)68(48-64)78(10,11)12)40-56-36-52(50-31-27-24-28-32-50)35-55(70(56)82-18)39-58-42-62(79(61,13)14)46-66(72(58)84-20)76(4,5)6/h23-36,41-48H,37-40H2,1-22H3. The van der Waals surface area contributed by atoms with Crippen LogP contribution in [0.15, 0.2) is 133 Å². The number of benzene rings is 8. The van der Waals surface area contributed by atoms with Crippen LogP contribution in [0.3, 0.4) is 0 Å². The van der Waals surface area contributed by atoms with Gasteiger partial charge in [0.2, 0.25) is 0 Å². The second-order valence-corrected chi connectivity index (χ2v) is 29.2. The maximum Gasteiger partial charge on any atom is 0.126 e. The molecular weight excluding hydrogens is 1060 g/mol. The summed E-state index contributed by atoms with van der Waals surface area (Å²) in [6.07, 6.45) is 2.23. The van der Waals surface area contributed by atoms with E-state index in [2.05, 4.69) is 244 Å². The molecule has 1 aliphatic rings. The maximum absolute atomic E-state index is 6.74. The van der Waals surface area contributed by atoms with E-state index in [-0.39, 0.29) is 21.7 Å². The predicted octanol–water partition coefficient (Wildman–Crippen LogP) is 19.6. The zero-order valence-electron chi connectivity index (χ0n) is 56.0. The Morgan fingerprint density at radius 1 is 0.256 bits per heavy atom. The molecular formula is C80H96O6. The minimum atomic E-state index is -0.509. The molecule has 12 bridgehead atoms. The summed E-state index contributed by atoms with van der Waals surface area (Å²) in [5.41, 5.74) is 20.5. The quantitative estimate of drug-likeness (QED) is 0.151. The summed E-state index contributed by atoms with van der Waals surface area (Å²) in [5.74, 6) is 5.27. The van der Waals surface area contributed by atoms with E-state index in [9.17, 15) is 0 Å². The molecule has 0 amide bonds. The van der Waals surface area contributed by atoms with Gasteiger partial charge in [-0.3, -0.25) is 0 Å². The van der Waals surface area contributed by atoms with Gasteiger partial charge in [-0.1, -0.05) is 220 Å². The van der Waals surface area contributed by atoms with Crippen molar-refractivity contribution in [3.8, 4) is 56.8 Å². The van der Waals surface area contributed by atoms with Crippen LogP contribution in [0.1, 0.15) is 200 Å².